The molecule has 0 spiro atoms. The maximum Gasteiger partial charge on any atom is 0.152 e. The molecule has 1 aliphatic carbocycles. The highest BCUT2D eigenvalue weighted by Gasteiger charge is 2.26. The molecule has 1 aliphatic rings. The van der Waals surface area contributed by atoms with Crippen LogP contribution in [0.5, 0.6) is 0 Å². The van der Waals surface area contributed by atoms with E-state index < -0.39 is 0 Å². The quantitative estimate of drug-likeness (QED) is 0.780. The molecule has 0 unspecified atom stereocenters. The fraction of sp³-hybridized carbons (Fsp3) is 0.462. The molecule has 0 atom stereocenters. The number of nitrogens with zero attached hydrogens (tertiary/aromatic N) is 3. The molecular weight excluding hydrogens is 234 g/mol. The van der Waals surface area contributed by atoms with Gasteiger partial charge in [0.2, 0.25) is 0 Å². The van der Waals surface area contributed by atoms with Gasteiger partial charge in [-0.2, -0.15) is 0 Å². The van der Waals surface area contributed by atoms with Crippen LogP contribution in [-0.4, -0.2) is 22.5 Å². The van der Waals surface area contributed by atoms with Gasteiger partial charge in [0, 0.05) is 19.3 Å². The molecule has 1 fully saturated rings. The van der Waals surface area contributed by atoms with Gasteiger partial charge >= 0.3 is 0 Å². The Morgan fingerprint density at radius 3 is 2.94 bits per heavy atom. The van der Waals surface area contributed by atoms with Gasteiger partial charge < -0.3 is 9.30 Å². The van der Waals surface area contributed by atoms with E-state index in [9.17, 15) is 0 Å². The number of alkyl halides is 1. The van der Waals surface area contributed by atoms with Crippen molar-refractivity contribution in [3.63, 3.8) is 0 Å². The van der Waals surface area contributed by atoms with Crippen LogP contribution >= 0.6 is 11.6 Å². The zero-order valence-electron chi connectivity index (χ0n) is 9.93. The first-order chi connectivity index (χ1) is 8.31. The van der Waals surface area contributed by atoms with Crippen molar-refractivity contribution in [1.82, 2.24) is 9.38 Å². The van der Waals surface area contributed by atoms with E-state index in [1.807, 2.05) is 24.4 Å². The first-order valence-electron chi connectivity index (χ1n) is 6.06. The predicted molar refractivity (Wildman–Crippen MR) is 70.8 cm³/mol. The molecule has 0 N–H and O–H groups in total. The lowest BCUT2D eigenvalue weighted by Gasteiger charge is -2.35. The summed E-state index contributed by atoms with van der Waals surface area (Å²) in [6.45, 7) is 0. The zero-order chi connectivity index (χ0) is 11.8. The Morgan fingerprint density at radius 1 is 1.47 bits per heavy atom. The Hall–Kier alpha value is -1.22. The summed E-state index contributed by atoms with van der Waals surface area (Å²) in [6, 6.07) is 6.68. The molecule has 17 heavy (non-hydrogen) atoms. The maximum atomic E-state index is 6.07. The number of fused-ring (bicyclic) bond motifs is 1. The third-order valence-corrected chi connectivity index (χ3v) is 3.94. The van der Waals surface area contributed by atoms with Gasteiger partial charge in [-0.05, 0) is 31.4 Å². The van der Waals surface area contributed by atoms with Gasteiger partial charge in [0.05, 0.1) is 11.6 Å². The Balaban J connectivity index is 2.08. The fourth-order valence-electron chi connectivity index (χ4n) is 2.39. The molecule has 0 aliphatic heterocycles. The number of imidazole rings is 1. The summed E-state index contributed by atoms with van der Waals surface area (Å²) in [7, 11) is 2.13. The van der Waals surface area contributed by atoms with Gasteiger partial charge in [0.1, 0.15) is 5.65 Å². The lowest BCUT2D eigenvalue weighted by molar-refractivity contribution is 0.399. The minimum atomic E-state index is 0.498. The topological polar surface area (TPSA) is 20.5 Å². The lowest BCUT2D eigenvalue weighted by Crippen LogP contribution is -2.37. The van der Waals surface area contributed by atoms with Crippen LogP contribution in [-0.2, 0) is 5.88 Å². The molecule has 90 valence electrons. The highest BCUT2D eigenvalue weighted by molar-refractivity contribution is 6.17. The molecule has 3 nitrogen and oxygen atoms in total. The molecule has 0 saturated heterocycles. The van der Waals surface area contributed by atoms with Crippen LogP contribution in [0.4, 0.5) is 5.82 Å². The molecule has 2 aromatic rings. The summed E-state index contributed by atoms with van der Waals surface area (Å²) in [5, 5.41) is 0. The molecule has 1 saturated carbocycles. The minimum Gasteiger partial charge on any atom is -0.355 e. The van der Waals surface area contributed by atoms with Crippen molar-refractivity contribution in [1.29, 1.82) is 0 Å². The van der Waals surface area contributed by atoms with Crippen LogP contribution in [0.25, 0.3) is 5.65 Å². The van der Waals surface area contributed by atoms with E-state index in [4.69, 9.17) is 16.6 Å². The number of aromatic nitrogens is 2. The Kier molecular flexibility index (Phi) is 2.71. The Bertz CT molecular complexity index is 530. The number of halogens is 1. The second kappa shape index (κ2) is 4.22. The summed E-state index contributed by atoms with van der Waals surface area (Å²) in [5.74, 6) is 1.54. The van der Waals surface area contributed by atoms with E-state index in [1.165, 1.54) is 19.3 Å². The summed E-state index contributed by atoms with van der Waals surface area (Å²) >= 11 is 6.07. The van der Waals surface area contributed by atoms with E-state index in [1.54, 1.807) is 0 Å². The zero-order valence-corrected chi connectivity index (χ0v) is 10.7. The number of hydrogen-bond donors (Lipinski definition) is 0. The van der Waals surface area contributed by atoms with Gasteiger partial charge in [-0.25, -0.2) is 4.98 Å². The molecule has 4 heteroatoms. The van der Waals surface area contributed by atoms with Crippen molar-refractivity contribution in [2.45, 2.75) is 31.2 Å². The molecule has 0 amide bonds. The fourth-order valence-corrected chi connectivity index (χ4v) is 2.64. The number of rotatable bonds is 3. The molecule has 0 bridgehead atoms. The van der Waals surface area contributed by atoms with Crippen molar-refractivity contribution in [2.24, 2.45) is 0 Å². The summed E-state index contributed by atoms with van der Waals surface area (Å²) in [5.41, 5.74) is 2.07. The first kappa shape index (κ1) is 10.9. The van der Waals surface area contributed by atoms with E-state index in [-0.39, 0.29) is 0 Å². The van der Waals surface area contributed by atoms with Crippen molar-refractivity contribution in [3.05, 3.63) is 30.1 Å². The van der Waals surface area contributed by atoms with Gasteiger partial charge in [-0.15, -0.1) is 11.6 Å². The summed E-state index contributed by atoms with van der Waals surface area (Å²) in [4.78, 5) is 6.98. The molecule has 2 heterocycles. The maximum absolute atomic E-state index is 6.07. The monoisotopic (exact) mass is 249 g/mol. The average Bonchev–Trinajstić information content (AvgIpc) is 2.64. The highest BCUT2D eigenvalue weighted by Crippen LogP contribution is 2.30. The third kappa shape index (κ3) is 1.69. The van der Waals surface area contributed by atoms with Gasteiger partial charge in [0.15, 0.2) is 5.82 Å². The normalized spacial score (nSPS) is 16.1. The van der Waals surface area contributed by atoms with Crippen molar-refractivity contribution >= 4 is 23.1 Å². The molecular formula is C13H16ClN3. The standard InChI is InChI=1S/C13H16ClN3/c1-16(10-5-4-6-10)13-11(9-14)17-8-3-2-7-12(17)15-13/h2-3,7-8,10H,4-6,9H2,1H3. The van der Waals surface area contributed by atoms with Crippen molar-refractivity contribution < 1.29 is 0 Å². The van der Waals surface area contributed by atoms with Crippen LogP contribution in [0.3, 0.4) is 0 Å². The molecule has 0 radical (unpaired) electrons. The Labute approximate surface area is 106 Å². The van der Waals surface area contributed by atoms with E-state index in [0.29, 0.717) is 11.9 Å². The van der Waals surface area contributed by atoms with Crippen LogP contribution in [0, 0.1) is 0 Å². The second-order valence-corrected chi connectivity index (χ2v) is 4.91. The van der Waals surface area contributed by atoms with E-state index in [2.05, 4.69) is 16.3 Å². The molecule has 2 aromatic heterocycles. The molecule has 3 rings (SSSR count). The lowest BCUT2D eigenvalue weighted by atomic mass is 9.92. The number of anilines is 1. The number of hydrogen-bond acceptors (Lipinski definition) is 2. The van der Waals surface area contributed by atoms with E-state index in [0.717, 1.165) is 17.2 Å². The third-order valence-electron chi connectivity index (χ3n) is 3.69. The van der Waals surface area contributed by atoms with Crippen molar-refractivity contribution in [2.75, 3.05) is 11.9 Å². The number of pyridine rings is 1. The van der Waals surface area contributed by atoms with Crippen LogP contribution in [0.15, 0.2) is 24.4 Å². The SMILES string of the molecule is CN(c1nc2ccccn2c1CCl)C1CCC1. The van der Waals surface area contributed by atoms with Gasteiger partial charge in [0.25, 0.3) is 0 Å². The highest BCUT2D eigenvalue weighted by atomic mass is 35.5. The smallest absolute Gasteiger partial charge is 0.152 e. The predicted octanol–water partition coefficient (Wildman–Crippen LogP) is 3.06. The molecule has 0 aromatic carbocycles. The second-order valence-electron chi connectivity index (χ2n) is 4.64. The average molecular weight is 250 g/mol. The first-order valence-corrected chi connectivity index (χ1v) is 6.59. The Morgan fingerprint density at radius 2 is 2.29 bits per heavy atom. The largest absolute Gasteiger partial charge is 0.355 e. The van der Waals surface area contributed by atoms with Crippen LogP contribution in [0.1, 0.15) is 25.0 Å². The van der Waals surface area contributed by atoms with Gasteiger partial charge in [-0.1, -0.05) is 6.07 Å². The summed E-state index contributed by atoms with van der Waals surface area (Å²) < 4.78 is 2.08. The van der Waals surface area contributed by atoms with Crippen LogP contribution in [0.2, 0.25) is 0 Å². The van der Waals surface area contributed by atoms with Gasteiger partial charge in [-0.3, -0.25) is 0 Å². The summed E-state index contributed by atoms with van der Waals surface area (Å²) in [6.07, 6.45) is 5.90. The van der Waals surface area contributed by atoms with Crippen molar-refractivity contribution in [3.8, 4) is 0 Å². The minimum absolute atomic E-state index is 0.498. The van der Waals surface area contributed by atoms with E-state index >= 15 is 0 Å². The van der Waals surface area contributed by atoms with Crippen LogP contribution < -0.4 is 4.90 Å².